The van der Waals surface area contributed by atoms with Gasteiger partial charge in [0.05, 0.1) is 5.69 Å². The molecule has 0 unspecified atom stereocenters. The molecule has 0 saturated carbocycles. The van der Waals surface area contributed by atoms with E-state index >= 15 is 0 Å². The third kappa shape index (κ3) is 4.30. The first-order chi connectivity index (χ1) is 13.3. The minimum absolute atomic E-state index is 0.572. The molecule has 27 heavy (non-hydrogen) atoms. The lowest BCUT2D eigenvalue weighted by atomic mass is 9.82. The molecule has 1 heterocycles. The van der Waals surface area contributed by atoms with Crippen molar-refractivity contribution < 1.29 is 0 Å². The summed E-state index contributed by atoms with van der Waals surface area (Å²) in [5.41, 5.74) is 6.77. The maximum Gasteiger partial charge on any atom is 0.0526 e. The smallest absolute Gasteiger partial charge is 0.0526 e. The Morgan fingerprint density at radius 1 is 1.07 bits per heavy atom. The highest BCUT2D eigenvalue weighted by Gasteiger charge is 2.21. The molecule has 3 nitrogen and oxygen atoms in total. The van der Waals surface area contributed by atoms with Gasteiger partial charge < -0.3 is 10.2 Å². The molecule has 1 aliphatic carbocycles. The van der Waals surface area contributed by atoms with Gasteiger partial charge in [0, 0.05) is 44.1 Å². The molecule has 0 amide bonds. The van der Waals surface area contributed by atoms with Crippen molar-refractivity contribution in [3.05, 3.63) is 89.7 Å². The molecule has 0 aliphatic heterocycles. The van der Waals surface area contributed by atoms with Crippen LogP contribution in [0.1, 0.15) is 35.4 Å². The first kappa shape index (κ1) is 17.6. The number of pyridine rings is 1. The van der Waals surface area contributed by atoms with E-state index in [1.807, 2.05) is 18.5 Å². The lowest BCUT2D eigenvalue weighted by molar-refractivity contribution is 0.571. The van der Waals surface area contributed by atoms with Gasteiger partial charge in [-0.3, -0.25) is 4.98 Å². The van der Waals surface area contributed by atoms with Crippen molar-refractivity contribution in [1.82, 2.24) is 4.98 Å². The third-order valence-corrected chi connectivity index (χ3v) is 5.48. The number of fused-ring (bicyclic) bond motifs is 1. The van der Waals surface area contributed by atoms with Crippen LogP contribution in [-0.4, -0.2) is 18.6 Å². The van der Waals surface area contributed by atoms with Crippen LogP contribution in [0.2, 0.25) is 0 Å². The average molecular weight is 358 g/mol. The fourth-order valence-corrected chi connectivity index (χ4v) is 4.01. The first-order valence-corrected chi connectivity index (χ1v) is 9.81. The van der Waals surface area contributed by atoms with Crippen LogP contribution >= 0.6 is 0 Å². The maximum absolute atomic E-state index is 4.19. The Bertz CT molecular complexity index is 861. The molecule has 3 heteroatoms. The van der Waals surface area contributed by atoms with Crippen LogP contribution in [0.3, 0.4) is 0 Å². The highest BCUT2D eigenvalue weighted by Crippen LogP contribution is 2.34. The number of nitrogens with one attached hydrogen (secondary N) is 1. The van der Waals surface area contributed by atoms with Crippen molar-refractivity contribution in [2.75, 3.05) is 23.8 Å². The van der Waals surface area contributed by atoms with Gasteiger partial charge in [0.15, 0.2) is 0 Å². The summed E-state index contributed by atoms with van der Waals surface area (Å²) >= 11 is 0. The second kappa shape index (κ2) is 8.26. The fraction of sp³-hybridized carbons (Fsp3) is 0.292. The topological polar surface area (TPSA) is 28.2 Å². The molecule has 4 rings (SSSR count). The van der Waals surface area contributed by atoms with E-state index in [-0.39, 0.29) is 0 Å². The molecule has 138 valence electrons. The number of benzene rings is 2. The molecule has 0 spiro atoms. The Hall–Kier alpha value is -2.81. The van der Waals surface area contributed by atoms with E-state index in [1.165, 1.54) is 41.6 Å². The van der Waals surface area contributed by atoms with Crippen LogP contribution in [0.4, 0.5) is 11.4 Å². The van der Waals surface area contributed by atoms with Crippen LogP contribution in [0, 0.1) is 0 Å². The van der Waals surface area contributed by atoms with Gasteiger partial charge in [-0.15, -0.1) is 0 Å². The van der Waals surface area contributed by atoms with Crippen molar-refractivity contribution in [3.8, 4) is 0 Å². The lowest BCUT2D eigenvalue weighted by Crippen LogP contribution is -2.20. The largest absolute Gasteiger partial charge is 0.383 e. The van der Waals surface area contributed by atoms with Crippen molar-refractivity contribution in [3.63, 3.8) is 0 Å². The van der Waals surface area contributed by atoms with Crippen LogP contribution < -0.4 is 10.2 Å². The van der Waals surface area contributed by atoms with E-state index in [4.69, 9.17) is 0 Å². The van der Waals surface area contributed by atoms with Gasteiger partial charge in [-0.1, -0.05) is 36.4 Å². The quantitative estimate of drug-likeness (QED) is 0.653. The second-order valence-electron chi connectivity index (χ2n) is 7.44. The van der Waals surface area contributed by atoms with Crippen molar-refractivity contribution in [2.24, 2.45) is 0 Å². The summed E-state index contributed by atoms with van der Waals surface area (Å²) in [7, 11) is 2.18. The Kier molecular flexibility index (Phi) is 5.38. The van der Waals surface area contributed by atoms with Gasteiger partial charge in [-0.2, -0.15) is 0 Å². The average Bonchev–Trinajstić information content (AvgIpc) is 2.73. The van der Waals surface area contributed by atoms with Gasteiger partial charge in [0.25, 0.3) is 0 Å². The Balaban J connectivity index is 1.46. The number of aryl methyl sites for hydroxylation is 1. The summed E-state index contributed by atoms with van der Waals surface area (Å²) in [6, 6.07) is 21.8. The van der Waals surface area contributed by atoms with E-state index in [0.29, 0.717) is 5.92 Å². The number of aromatic nitrogens is 1. The van der Waals surface area contributed by atoms with Gasteiger partial charge in [-0.25, -0.2) is 0 Å². The highest BCUT2D eigenvalue weighted by molar-refractivity contribution is 5.53. The minimum Gasteiger partial charge on any atom is -0.383 e. The van der Waals surface area contributed by atoms with E-state index in [9.17, 15) is 0 Å². The van der Waals surface area contributed by atoms with Gasteiger partial charge >= 0.3 is 0 Å². The normalized spacial score (nSPS) is 15.8. The molecule has 0 saturated heterocycles. The van der Waals surface area contributed by atoms with Crippen molar-refractivity contribution >= 4 is 11.4 Å². The summed E-state index contributed by atoms with van der Waals surface area (Å²) in [5.74, 6) is 0.572. The zero-order valence-electron chi connectivity index (χ0n) is 15.9. The van der Waals surface area contributed by atoms with Crippen LogP contribution in [0.5, 0.6) is 0 Å². The van der Waals surface area contributed by atoms with Crippen LogP contribution in [0.15, 0.2) is 73.1 Å². The number of anilines is 2. The third-order valence-electron chi connectivity index (χ3n) is 5.48. The summed E-state index contributed by atoms with van der Waals surface area (Å²) < 4.78 is 0. The Labute approximate surface area is 162 Å². The molecule has 1 atom stereocenters. The molecule has 0 fully saturated rings. The molecule has 1 aromatic heterocycles. The number of rotatable bonds is 6. The van der Waals surface area contributed by atoms with Crippen LogP contribution in [0.25, 0.3) is 0 Å². The van der Waals surface area contributed by atoms with Gasteiger partial charge in [0.2, 0.25) is 0 Å². The minimum atomic E-state index is 0.572. The zero-order chi connectivity index (χ0) is 18.5. The molecule has 1 N–H and O–H groups in total. The zero-order valence-corrected chi connectivity index (χ0v) is 15.9. The van der Waals surface area contributed by atoms with Gasteiger partial charge in [-0.05, 0) is 60.2 Å². The molecule has 0 radical (unpaired) electrons. The predicted octanol–water partition coefficient (Wildman–Crippen LogP) is 5.25. The second-order valence-corrected chi connectivity index (χ2v) is 7.44. The maximum atomic E-state index is 4.19. The van der Waals surface area contributed by atoms with Crippen molar-refractivity contribution in [1.29, 1.82) is 0 Å². The predicted molar refractivity (Wildman–Crippen MR) is 113 cm³/mol. The Morgan fingerprint density at radius 2 is 1.96 bits per heavy atom. The standard InChI is InChI=1S/C24H27N3/c1-27(18-19-7-3-2-4-8-19)23-12-13-24-20(15-23)9-5-10-21(24)16-26-22-11-6-14-25-17-22/h2-4,6-8,11-15,17,21,26H,5,9-10,16,18H2,1H3/t21-/m0/s1. The Morgan fingerprint density at radius 3 is 2.78 bits per heavy atom. The molecule has 2 aromatic carbocycles. The molecular weight excluding hydrogens is 330 g/mol. The van der Waals surface area contributed by atoms with Gasteiger partial charge in [0.1, 0.15) is 0 Å². The van der Waals surface area contributed by atoms with E-state index < -0.39 is 0 Å². The number of hydrogen-bond acceptors (Lipinski definition) is 3. The highest BCUT2D eigenvalue weighted by atomic mass is 15.1. The monoisotopic (exact) mass is 357 g/mol. The SMILES string of the molecule is CN(Cc1ccccc1)c1ccc2c(c1)CCC[C@H]2CNc1cccnc1. The molecular formula is C24H27N3. The first-order valence-electron chi connectivity index (χ1n) is 9.81. The summed E-state index contributed by atoms with van der Waals surface area (Å²) in [5, 5.41) is 3.55. The molecule has 0 bridgehead atoms. The lowest BCUT2D eigenvalue weighted by Gasteiger charge is -2.28. The summed E-state index contributed by atoms with van der Waals surface area (Å²) in [6.07, 6.45) is 7.41. The summed E-state index contributed by atoms with van der Waals surface area (Å²) in [4.78, 5) is 6.53. The fourth-order valence-electron chi connectivity index (χ4n) is 4.01. The van der Waals surface area contributed by atoms with E-state index in [0.717, 1.165) is 18.8 Å². The van der Waals surface area contributed by atoms with Crippen LogP contribution in [-0.2, 0) is 13.0 Å². The van der Waals surface area contributed by atoms with E-state index in [1.54, 1.807) is 0 Å². The number of hydrogen-bond donors (Lipinski definition) is 1. The van der Waals surface area contributed by atoms with E-state index in [2.05, 4.69) is 76.8 Å². The molecule has 1 aliphatic rings. The molecule has 3 aromatic rings. The summed E-state index contributed by atoms with van der Waals surface area (Å²) in [6.45, 7) is 1.91. The number of nitrogens with zero attached hydrogens (tertiary/aromatic N) is 2. The van der Waals surface area contributed by atoms with Crippen molar-refractivity contribution in [2.45, 2.75) is 31.7 Å².